The molecule has 16 heavy (non-hydrogen) atoms. The number of hydrogen-bond acceptors (Lipinski definition) is 2. The van der Waals surface area contributed by atoms with E-state index < -0.39 is 5.82 Å². The second-order valence-electron chi connectivity index (χ2n) is 3.68. The molecule has 0 atom stereocenters. The van der Waals surface area contributed by atoms with Crippen molar-refractivity contribution in [1.29, 1.82) is 0 Å². The molecule has 1 aliphatic rings. The van der Waals surface area contributed by atoms with Crippen LogP contribution in [0.2, 0.25) is 0 Å². The molecule has 1 saturated heterocycles. The first-order chi connectivity index (χ1) is 7.63. The maximum Gasteiger partial charge on any atom is 0.324 e. The summed E-state index contributed by atoms with van der Waals surface area (Å²) in [5.74, 6) is -0.491. The molecule has 0 radical (unpaired) electrons. The van der Waals surface area contributed by atoms with Gasteiger partial charge >= 0.3 is 6.03 Å². The van der Waals surface area contributed by atoms with E-state index in [1.165, 1.54) is 28.0 Å². The van der Waals surface area contributed by atoms with Gasteiger partial charge in [-0.2, -0.15) is 0 Å². The Morgan fingerprint density at radius 3 is 2.69 bits per heavy atom. The molecular formula is C11H11FN2O2. The van der Waals surface area contributed by atoms with Crippen molar-refractivity contribution in [1.82, 2.24) is 4.90 Å². The normalized spacial score (nSPS) is 15.8. The molecule has 1 fully saturated rings. The van der Waals surface area contributed by atoms with Crippen molar-refractivity contribution in [3.8, 4) is 0 Å². The van der Waals surface area contributed by atoms with Crippen molar-refractivity contribution >= 4 is 18.0 Å². The summed E-state index contributed by atoms with van der Waals surface area (Å²) in [4.78, 5) is 25.1. The maximum absolute atomic E-state index is 13.5. The zero-order valence-corrected chi connectivity index (χ0v) is 8.81. The number of likely N-dealkylation sites (N-methyl/N-ethyl adjacent to an activating group) is 1. The van der Waals surface area contributed by atoms with Gasteiger partial charge in [0.25, 0.3) is 0 Å². The van der Waals surface area contributed by atoms with E-state index in [0.717, 1.165) is 0 Å². The SMILES string of the molecule is CN1CCN(c2cc(C=O)ccc2F)C1=O. The quantitative estimate of drug-likeness (QED) is 0.711. The molecule has 0 aliphatic carbocycles. The van der Waals surface area contributed by atoms with Crippen LogP contribution in [0.1, 0.15) is 10.4 Å². The van der Waals surface area contributed by atoms with E-state index in [2.05, 4.69) is 0 Å². The first-order valence-electron chi connectivity index (χ1n) is 4.91. The number of urea groups is 1. The average Bonchev–Trinajstić information content (AvgIpc) is 2.61. The lowest BCUT2D eigenvalue weighted by Crippen LogP contribution is -2.29. The zero-order valence-electron chi connectivity index (χ0n) is 8.81. The third-order valence-electron chi connectivity index (χ3n) is 2.61. The number of nitrogens with zero attached hydrogens (tertiary/aromatic N) is 2. The maximum atomic E-state index is 13.5. The lowest BCUT2D eigenvalue weighted by Gasteiger charge is -2.16. The molecule has 1 aliphatic heterocycles. The van der Waals surface area contributed by atoms with E-state index in [1.807, 2.05) is 0 Å². The van der Waals surface area contributed by atoms with Crippen LogP contribution >= 0.6 is 0 Å². The minimum atomic E-state index is -0.491. The van der Waals surface area contributed by atoms with Crippen molar-refractivity contribution in [3.05, 3.63) is 29.6 Å². The lowest BCUT2D eigenvalue weighted by atomic mass is 10.2. The highest BCUT2D eigenvalue weighted by Crippen LogP contribution is 2.23. The summed E-state index contributed by atoms with van der Waals surface area (Å²) in [5, 5.41) is 0. The van der Waals surface area contributed by atoms with Crippen LogP contribution in [-0.4, -0.2) is 37.4 Å². The summed E-state index contributed by atoms with van der Waals surface area (Å²) in [6, 6.07) is 3.72. The molecule has 0 bridgehead atoms. The van der Waals surface area contributed by atoms with Gasteiger partial charge in [-0.15, -0.1) is 0 Å². The van der Waals surface area contributed by atoms with E-state index in [0.29, 0.717) is 24.9 Å². The van der Waals surface area contributed by atoms with Gasteiger partial charge in [-0.3, -0.25) is 9.69 Å². The van der Waals surface area contributed by atoms with E-state index in [9.17, 15) is 14.0 Å². The minimum Gasteiger partial charge on any atom is -0.326 e. The van der Waals surface area contributed by atoms with Gasteiger partial charge in [-0.1, -0.05) is 0 Å². The molecule has 0 spiro atoms. The number of carbonyl (C=O) groups is 2. The fourth-order valence-corrected chi connectivity index (χ4v) is 1.68. The molecule has 1 aromatic carbocycles. The monoisotopic (exact) mass is 222 g/mol. The number of hydrogen-bond donors (Lipinski definition) is 0. The van der Waals surface area contributed by atoms with Crippen LogP contribution in [0.15, 0.2) is 18.2 Å². The van der Waals surface area contributed by atoms with Gasteiger partial charge in [0.15, 0.2) is 0 Å². The summed E-state index contributed by atoms with van der Waals surface area (Å²) in [7, 11) is 1.66. The van der Waals surface area contributed by atoms with Crippen LogP contribution in [0, 0.1) is 5.82 Å². The Balaban J connectivity index is 2.40. The third kappa shape index (κ3) is 1.64. The third-order valence-corrected chi connectivity index (χ3v) is 2.61. The topological polar surface area (TPSA) is 40.6 Å². The highest BCUT2D eigenvalue weighted by Gasteiger charge is 2.28. The molecule has 2 amide bonds. The largest absolute Gasteiger partial charge is 0.326 e. The van der Waals surface area contributed by atoms with E-state index in [1.54, 1.807) is 7.05 Å². The van der Waals surface area contributed by atoms with Gasteiger partial charge in [0.2, 0.25) is 0 Å². The number of aldehydes is 1. The summed E-state index contributed by atoms with van der Waals surface area (Å²) >= 11 is 0. The molecule has 5 heteroatoms. The molecule has 1 heterocycles. The van der Waals surface area contributed by atoms with Crippen LogP contribution in [0.3, 0.4) is 0 Å². The van der Waals surface area contributed by atoms with Crippen molar-refractivity contribution in [3.63, 3.8) is 0 Å². The van der Waals surface area contributed by atoms with Crippen molar-refractivity contribution < 1.29 is 14.0 Å². The molecule has 0 N–H and O–H groups in total. The van der Waals surface area contributed by atoms with E-state index >= 15 is 0 Å². The zero-order chi connectivity index (χ0) is 11.7. The first-order valence-corrected chi connectivity index (χ1v) is 4.91. The highest BCUT2D eigenvalue weighted by atomic mass is 19.1. The van der Waals surface area contributed by atoms with Crippen LogP contribution < -0.4 is 4.90 Å². The molecular weight excluding hydrogens is 211 g/mol. The number of benzene rings is 1. The first kappa shape index (κ1) is 10.6. The fraction of sp³-hybridized carbons (Fsp3) is 0.273. The summed E-state index contributed by atoms with van der Waals surface area (Å²) < 4.78 is 13.5. The van der Waals surface area contributed by atoms with Gasteiger partial charge in [0.05, 0.1) is 5.69 Å². The lowest BCUT2D eigenvalue weighted by molar-refractivity contribution is 0.112. The van der Waals surface area contributed by atoms with Gasteiger partial charge in [0, 0.05) is 25.7 Å². The van der Waals surface area contributed by atoms with Gasteiger partial charge < -0.3 is 4.90 Å². The van der Waals surface area contributed by atoms with E-state index in [4.69, 9.17) is 0 Å². The molecule has 84 valence electrons. The molecule has 0 saturated carbocycles. The molecule has 4 nitrogen and oxygen atoms in total. The Hall–Kier alpha value is -1.91. The van der Waals surface area contributed by atoms with E-state index in [-0.39, 0.29) is 11.7 Å². The average molecular weight is 222 g/mol. The highest BCUT2D eigenvalue weighted by molar-refractivity contribution is 5.95. The standard InChI is InChI=1S/C11H11FN2O2/c1-13-4-5-14(11(13)16)10-6-8(7-15)2-3-9(10)12/h2-3,6-7H,4-5H2,1H3. The molecule has 0 unspecified atom stereocenters. The predicted molar refractivity (Wildman–Crippen MR) is 57.2 cm³/mol. The predicted octanol–water partition coefficient (Wildman–Crippen LogP) is 1.51. The smallest absolute Gasteiger partial charge is 0.324 e. The van der Waals surface area contributed by atoms with Crippen molar-refractivity contribution in [2.45, 2.75) is 0 Å². The van der Waals surface area contributed by atoms with Crippen LogP contribution in [0.25, 0.3) is 0 Å². The Kier molecular flexibility index (Phi) is 2.60. The summed E-state index contributed by atoms with van der Waals surface area (Å²) in [6.45, 7) is 0.998. The van der Waals surface area contributed by atoms with Crippen molar-refractivity contribution in [2.24, 2.45) is 0 Å². The fourth-order valence-electron chi connectivity index (χ4n) is 1.68. The van der Waals surface area contributed by atoms with Gasteiger partial charge in [0.1, 0.15) is 12.1 Å². The number of carbonyl (C=O) groups excluding carboxylic acids is 2. The Morgan fingerprint density at radius 2 is 2.12 bits per heavy atom. The number of amides is 2. The van der Waals surface area contributed by atoms with Crippen molar-refractivity contribution in [2.75, 3.05) is 25.0 Å². The van der Waals surface area contributed by atoms with Gasteiger partial charge in [-0.05, 0) is 18.2 Å². The Labute approximate surface area is 92.3 Å². The Morgan fingerprint density at radius 1 is 1.38 bits per heavy atom. The summed E-state index contributed by atoms with van der Waals surface area (Å²) in [5.41, 5.74) is 0.526. The number of anilines is 1. The molecule has 1 aromatic rings. The number of rotatable bonds is 2. The van der Waals surface area contributed by atoms with Crippen LogP contribution in [-0.2, 0) is 0 Å². The number of halogens is 1. The second kappa shape index (κ2) is 3.92. The minimum absolute atomic E-state index is 0.166. The molecule has 2 rings (SSSR count). The van der Waals surface area contributed by atoms with Crippen LogP contribution in [0.4, 0.5) is 14.9 Å². The van der Waals surface area contributed by atoms with Crippen LogP contribution in [0.5, 0.6) is 0 Å². The molecule has 0 aromatic heterocycles. The second-order valence-corrected chi connectivity index (χ2v) is 3.68. The summed E-state index contributed by atoms with van der Waals surface area (Å²) in [6.07, 6.45) is 0.632. The van der Waals surface area contributed by atoms with Gasteiger partial charge in [-0.25, -0.2) is 9.18 Å². The Bertz CT molecular complexity index is 448.